The van der Waals surface area contributed by atoms with Crippen LogP contribution < -0.4 is 4.74 Å². The van der Waals surface area contributed by atoms with Gasteiger partial charge >= 0.3 is 0 Å². The first-order chi connectivity index (χ1) is 7.67. The van der Waals surface area contributed by atoms with Gasteiger partial charge in [-0.2, -0.15) is 0 Å². The van der Waals surface area contributed by atoms with E-state index in [4.69, 9.17) is 4.74 Å². The molecular formula is C14H20O2. The normalized spacial score (nSPS) is 23.9. The highest BCUT2D eigenvalue weighted by Crippen LogP contribution is 2.33. The molecule has 0 saturated heterocycles. The number of ether oxygens (including phenoxy) is 1. The Bertz CT molecular complexity index is 373. The molecule has 0 bridgehead atoms. The molecule has 1 aliphatic carbocycles. The van der Waals surface area contributed by atoms with Crippen molar-refractivity contribution in [3.63, 3.8) is 0 Å². The third kappa shape index (κ3) is 2.22. The number of hydrogen-bond acceptors (Lipinski definition) is 2. The van der Waals surface area contributed by atoms with Gasteiger partial charge in [-0.15, -0.1) is 0 Å². The molecule has 0 amide bonds. The van der Waals surface area contributed by atoms with E-state index in [0.717, 1.165) is 37.9 Å². The van der Waals surface area contributed by atoms with Crippen LogP contribution in [0.3, 0.4) is 0 Å². The first-order valence-electron chi connectivity index (χ1n) is 6.05. The maximum atomic E-state index is 10.4. The molecule has 0 radical (unpaired) electrons. The first-order valence-corrected chi connectivity index (χ1v) is 6.05. The lowest BCUT2D eigenvalue weighted by Gasteiger charge is -2.33. The quantitative estimate of drug-likeness (QED) is 0.848. The van der Waals surface area contributed by atoms with Gasteiger partial charge in [0.25, 0.3) is 0 Å². The van der Waals surface area contributed by atoms with Crippen molar-refractivity contribution >= 4 is 0 Å². The summed E-state index contributed by atoms with van der Waals surface area (Å²) in [6, 6.07) is 6.19. The van der Waals surface area contributed by atoms with Crippen molar-refractivity contribution in [2.24, 2.45) is 0 Å². The predicted octanol–water partition coefficient (Wildman–Crippen LogP) is 2.72. The molecule has 88 valence electrons. The van der Waals surface area contributed by atoms with Crippen LogP contribution >= 0.6 is 0 Å². The molecule has 2 nitrogen and oxygen atoms in total. The molecular weight excluding hydrogens is 200 g/mol. The van der Waals surface area contributed by atoms with E-state index in [9.17, 15) is 5.11 Å². The minimum absolute atomic E-state index is 0.492. The van der Waals surface area contributed by atoms with Crippen molar-refractivity contribution in [3.05, 3.63) is 29.3 Å². The van der Waals surface area contributed by atoms with Gasteiger partial charge in [0.05, 0.1) is 12.7 Å². The van der Waals surface area contributed by atoms with E-state index in [-0.39, 0.29) is 0 Å². The fraction of sp³-hybridized carbons (Fsp3) is 0.571. The summed E-state index contributed by atoms with van der Waals surface area (Å²) in [7, 11) is 1.68. The summed E-state index contributed by atoms with van der Waals surface area (Å²) in [5.74, 6) is 0.888. The average molecular weight is 220 g/mol. The molecule has 0 spiro atoms. The molecule has 2 rings (SSSR count). The van der Waals surface area contributed by atoms with Gasteiger partial charge in [0.15, 0.2) is 0 Å². The van der Waals surface area contributed by atoms with Gasteiger partial charge in [0, 0.05) is 6.42 Å². The summed E-state index contributed by atoms with van der Waals surface area (Å²) in [6.45, 7) is 2.12. The van der Waals surface area contributed by atoms with Crippen LogP contribution in [0.2, 0.25) is 0 Å². The van der Waals surface area contributed by atoms with Gasteiger partial charge in [-0.25, -0.2) is 0 Å². The monoisotopic (exact) mass is 220 g/mol. The van der Waals surface area contributed by atoms with Crippen LogP contribution in [-0.2, 0) is 12.8 Å². The van der Waals surface area contributed by atoms with E-state index in [2.05, 4.69) is 19.1 Å². The number of aliphatic hydroxyl groups is 1. The lowest BCUT2D eigenvalue weighted by Crippen LogP contribution is -2.35. The van der Waals surface area contributed by atoms with Crippen LogP contribution in [0.4, 0.5) is 0 Å². The van der Waals surface area contributed by atoms with Gasteiger partial charge in [-0.3, -0.25) is 0 Å². The molecule has 16 heavy (non-hydrogen) atoms. The smallest absolute Gasteiger partial charge is 0.119 e. The molecule has 1 N–H and O–H groups in total. The highest BCUT2D eigenvalue weighted by molar-refractivity contribution is 5.38. The number of hydrogen-bond donors (Lipinski definition) is 1. The number of rotatable bonds is 3. The summed E-state index contributed by atoms with van der Waals surface area (Å²) in [5.41, 5.74) is 2.12. The second-order valence-corrected chi connectivity index (χ2v) is 4.79. The standard InChI is InChI=1S/C14H20O2/c1-3-7-14(15)8-6-11-4-5-13(16-2)9-12(11)10-14/h4-5,9,15H,3,6-8,10H2,1-2H3. The molecule has 0 heterocycles. The molecule has 0 aromatic heterocycles. The number of methoxy groups -OCH3 is 1. The highest BCUT2D eigenvalue weighted by Gasteiger charge is 2.31. The van der Waals surface area contributed by atoms with Crippen molar-refractivity contribution < 1.29 is 9.84 Å². The number of fused-ring (bicyclic) bond motifs is 1. The summed E-state index contributed by atoms with van der Waals surface area (Å²) in [6.07, 6.45) is 4.57. The molecule has 0 fully saturated rings. The molecule has 1 atom stereocenters. The van der Waals surface area contributed by atoms with Crippen molar-refractivity contribution in [1.82, 2.24) is 0 Å². The molecule has 2 heteroatoms. The van der Waals surface area contributed by atoms with Crippen LogP contribution in [-0.4, -0.2) is 17.8 Å². The number of benzene rings is 1. The van der Waals surface area contributed by atoms with Gasteiger partial charge in [0.1, 0.15) is 5.75 Å². The van der Waals surface area contributed by atoms with E-state index in [1.54, 1.807) is 7.11 Å². The second-order valence-electron chi connectivity index (χ2n) is 4.79. The van der Waals surface area contributed by atoms with Crippen molar-refractivity contribution in [1.29, 1.82) is 0 Å². The van der Waals surface area contributed by atoms with E-state index < -0.39 is 5.60 Å². The topological polar surface area (TPSA) is 29.5 Å². The third-order valence-electron chi connectivity index (χ3n) is 3.51. The van der Waals surface area contributed by atoms with Crippen LogP contribution in [0, 0.1) is 0 Å². The van der Waals surface area contributed by atoms with Gasteiger partial charge in [-0.05, 0) is 42.5 Å². The Kier molecular flexibility index (Phi) is 3.20. The molecule has 0 aliphatic heterocycles. The van der Waals surface area contributed by atoms with Crippen LogP contribution in [0.5, 0.6) is 5.75 Å². The maximum Gasteiger partial charge on any atom is 0.119 e. The van der Waals surface area contributed by atoms with Gasteiger partial charge in [-0.1, -0.05) is 19.4 Å². The largest absolute Gasteiger partial charge is 0.497 e. The van der Waals surface area contributed by atoms with Crippen LogP contribution in [0.15, 0.2) is 18.2 Å². The minimum atomic E-state index is -0.492. The Labute approximate surface area is 97.3 Å². The summed E-state index contributed by atoms with van der Waals surface area (Å²) < 4.78 is 5.23. The SMILES string of the molecule is CCCC1(O)CCc2ccc(OC)cc2C1. The van der Waals surface area contributed by atoms with Crippen molar-refractivity contribution in [2.75, 3.05) is 7.11 Å². The first kappa shape index (κ1) is 11.5. The van der Waals surface area contributed by atoms with E-state index >= 15 is 0 Å². The predicted molar refractivity (Wildman–Crippen MR) is 64.9 cm³/mol. The average Bonchev–Trinajstić information content (AvgIpc) is 2.28. The zero-order valence-electron chi connectivity index (χ0n) is 10.1. The number of aryl methyl sites for hydroxylation is 1. The Morgan fingerprint density at radius 2 is 2.19 bits per heavy atom. The molecule has 1 aliphatic rings. The molecule has 1 aromatic rings. The van der Waals surface area contributed by atoms with Gasteiger partial charge < -0.3 is 9.84 Å². The van der Waals surface area contributed by atoms with Crippen molar-refractivity contribution in [3.8, 4) is 5.75 Å². The molecule has 1 aromatic carbocycles. The third-order valence-corrected chi connectivity index (χ3v) is 3.51. The Hall–Kier alpha value is -1.02. The Morgan fingerprint density at radius 3 is 2.88 bits per heavy atom. The fourth-order valence-corrected chi connectivity index (χ4v) is 2.63. The summed E-state index contributed by atoms with van der Waals surface area (Å²) in [5, 5.41) is 10.4. The Morgan fingerprint density at radius 1 is 1.38 bits per heavy atom. The second kappa shape index (κ2) is 4.46. The zero-order chi connectivity index (χ0) is 11.6. The summed E-state index contributed by atoms with van der Waals surface area (Å²) >= 11 is 0. The Balaban J connectivity index is 2.24. The highest BCUT2D eigenvalue weighted by atomic mass is 16.5. The van der Waals surface area contributed by atoms with Crippen molar-refractivity contribution in [2.45, 2.75) is 44.6 Å². The van der Waals surface area contributed by atoms with E-state index in [0.29, 0.717) is 0 Å². The maximum absolute atomic E-state index is 10.4. The summed E-state index contributed by atoms with van der Waals surface area (Å²) in [4.78, 5) is 0. The minimum Gasteiger partial charge on any atom is -0.497 e. The lowest BCUT2D eigenvalue weighted by atomic mass is 9.78. The fourth-order valence-electron chi connectivity index (χ4n) is 2.63. The zero-order valence-corrected chi connectivity index (χ0v) is 10.1. The van der Waals surface area contributed by atoms with Crippen LogP contribution in [0.25, 0.3) is 0 Å². The lowest BCUT2D eigenvalue weighted by molar-refractivity contribution is 0.0172. The molecule has 1 unspecified atom stereocenters. The van der Waals surface area contributed by atoms with E-state index in [1.807, 2.05) is 6.07 Å². The van der Waals surface area contributed by atoms with E-state index in [1.165, 1.54) is 11.1 Å². The van der Waals surface area contributed by atoms with Gasteiger partial charge in [0.2, 0.25) is 0 Å². The van der Waals surface area contributed by atoms with Crippen LogP contribution in [0.1, 0.15) is 37.3 Å². The molecule has 0 saturated carbocycles.